The molecule has 0 saturated heterocycles. The number of phenolic OH excluding ortho intramolecular Hbond substituents is 2. The summed E-state index contributed by atoms with van der Waals surface area (Å²) in [5.41, 5.74) is 10.5. The van der Waals surface area contributed by atoms with Crippen molar-refractivity contribution in [1.29, 1.82) is 0 Å². The van der Waals surface area contributed by atoms with Crippen molar-refractivity contribution >= 4 is 45.3 Å². The second-order valence-corrected chi connectivity index (χ2v) is 13.3. The maximum Gasteiger partial charge on any atom is 0.127 e. The van der Waals surface area contributed by atoms with Crippen LogP contribution >= 0.6 is 23.5 Å². The Hall–Kier alpha value is -3.74. The molecule has 2 N–H and O–H groups in total. The quantitative estimate of drug-likeness (QED) is 0.164. The van der Waals surface area contributed by atoms with Gasteiger partial charge < -0.3 is 19.3 Å². The van der Waals surface area contributed by atoms with Crippen LogP contribution in [0, 0.1) is 13.8 Å². The Balaban J connectivity index is 1.11. The van der Waals surface area contributed by atoms with E-state index in [1.807, 2.05) is 37.6 Å². The summed E-state index contributed by atoms with van der Waals surface area (Å²) in [6, 6.07) is 25.1. The van der Waals surface area contributed by atoms with E-state index in [2.05, 4.69) is 108 Å². The number of nitrogens with zero attached hydrogens (tertiary/aromatic N) is 2. The Morgan fingerprint density at radius 1 is 0.571 bits per heavy atom. The molecule has 0 amide bonds. The lowest BCUT2D eigenvalue weighted by Crippen LogP contribution is -1.93. The second kappa shape index (κ2) is 11.9. The summed E-state index contributed by atoms with van der Waals surface area (Å²) in [6.07, 6.45) is 4.13. The predicted molar refractivity (Wildman–Crippen MR) is 182 cm³/mol. The molecule has 2 heterocycles. The summed E-state index contributed by atoms with van der Waals surface area (Å²) in [7, 11) is 4.10. The molecule has 4 nitrogen and oxygen atoms in total. The molecule has 2 aromatic heterocycles. The highest BCUT2D eigenvalue weighted by molar-refractivity contribution is 8.02. The monoisotopic (exact) mass is 592 g/mol. The van der Waals surface area contributed by atoms with Gasteiger partial charge in [0.1, 0.15) is 11.5 Å². The largest absolute Gasteiger partial charge is 0.507 e. The first-order chi connectivity index (χ1) is 20.3. The van der Waals surface area contributed by atoms with Crippen molar-refractivity contribution in [2.75, 3.05) is 11.5 Å². The van der Waals surface area contributed by atoms with Crippen LogP contribution in [0.3, 0.4) is 0 Å². The molecule has 0 saturated carbocycles. The second-order valence-electron chi connectivity index (χ2n) is 11.1. The average molecular weight is 593 g/mol. The lowest BCUT2D eigenvalue weighted by Gasteiger charge is -2.14. The molecule has 0 atom stereocenters. The molecule has 42 heavy (non-hydrogen) atoms. The van der Waals surface area contributed by atoms with Crippen LogP contribution in [0.5, 0.6) is 11.5 Å². The number of phenols is 2. The van der Waals surface area contributed by atoms with Crippen LogP contribution in [0.15, 0.2) is 85.2 Å². The van der Waals surface area contributed by atoms with Gasteiger partial charge in [0.05, 0.1) is 0 Å². The number of rotatable bonds is 9. The van der Waals surface area contributed by atoms with Gasteiger partial charge in [-0.3, -0.25) is 0 Å². The molecule has 0 aliphatic heterocycles. The molecule has 0 aliphatic carbocycles. The molecule has 6 rings (SSSR count). The molecular weight excluding hydrogens is 557 g/mol. The van der Waals surface area contributed by atoms with Crippen molar-refractivity contribution in [1.82, 2.24) is 9.13 Å². The van der Waals surface area contributed by atoms with E-state index in [0.29, 0.717) is 11.5 Å². The molecule has 0 radical (unpaired) electrons. The van der Waals surface area contributed by atoms with Gasteiger partial charge in [0.2, 0.25) is 0 Å². The summed E-state index contributed by atoms with van der Waals surface area (Å²) in [4.78, 5) is 0. The first-order valence-electron chi connectivity index (χ1n) is 14.2. The molecule has 214 valence electrons. The number of aromatic nitrogens is 2. The lowest BCUT2D eigenvalue weighted by molar-refractivity contribution is 0.472. The van der Waals surface area contributed by atoms with E-state index < -0.39 is 0 Å². The maximum absolute atomic E-state index is 11.3. The Kier molecular flexibility index (Phi) is 8.02. The number of aromatic hydroxyl groups is 2. The van der Waals surface area contributed by atoms with Crippen LogP contribution in [0.2, 0.25) is 0 Å². The van der Waals surface area contributed by atoms with Crippen molar-refractivity contribution in [2.45, 2.75) is 25.4 Å². The van der Waals surface area contributed by atoms with E-state index in [0.717, 1.165) is 89.3 Å². The van der Waals surface area contributed by atoms with Crippen molar-refractivity contribution in [2.24, 2.45) is 14.1 Å². The van der Waals surface area contributed by atoms with Gasteiger partial charge in [-0.25, -0.2) is 0 Å². The molecule has 4 aromatic carbocycles. The van der Waals surface area contributed by atoms with Gasteiger partial charge in [-0.2, -0.15) is 23.5 Å². The van der Waals surface area contributed by atoms with Crippen LogP contribution in [-0.2, 0) is 25.6 Å². The number of benzene rings is 4. The number of fused-ring (bicyclic) bond motifs is 2. The highest BCUT2D eigenvalue weighted by Crippen LogP contribution is 2.40. The van der Waals surface area contributed by atoms with E-state index in [1.54, 1.807) is 0 Å². The standard InChI is InChI=1S/C36H36N2O2S2/c1-23-17-25(35(39)31(19-23)27-7-5-9-33-29(27)11-13-37(33)3)21-41-15-16-42-22-26-18-24(2)20-32(36(26)40)28-8-6-10-34-30(28)12-14-38(34)4/h5-14,17-20,39-40H,15-16,21-22H2,1-4H3. The maximum atomic E-state index is 11.3. The predicted octanol–water partition coefficient (Wildman–Crippen LogP) is 9.20. The summed E-state index contributed by atoms with van der Waals surface area (Å²) in [5, 5.41) is 24.9. The first kappa shape index (κ1) is 28.4. The van der Waals surface area contributed by atoms with Gasteiger partial charge in [0, 0.05) is 93.6 Å². The smallest absolute Gasteiger partial charge is 0.127 e. The zero-order valence-electron chi connectivity index (χ0n) is 24.5. The van der Waals surface area contributed by atoms with Crippen LogP contribution in [0.25, 0.3) is 44.1 Å². The normalized spacial score (nSPS) is 11.6. The van der Waals surface area contributed by atoms with E-state index >= 15 is 0 Å². The molecular formula is C36H36N2O2S2. The summed E-state index contributed by atoms with van der Waals surface area (Å²) >= 11 is 3.67. The van der Waals surface area contributed by atoms with Gasteiger partial charge in [-0.15, -0.1) is 0 Å². The highest BCUT2D eigenvalue weighted by atomic mass is 32.2. The van der Waals surface area contributed by atoms with Crippen molar-refractivity contribution in [3.8, 4) is 33.8 Å². The number of aryl methyl sites for hydroxylation is 4. The third-order valence-corrected chi connectivity index (χ3v) is 10.3. The summed E-state index contributed by atoms with van der Waals surface area (Å²) in [6.45, 7) is 4.19. The van der Waals surface area contributed by atoms with E-state index in [4.69, 9.17) is 0 Å². The molecule has 0 bridgehead atoms. The third-order valence-electron chi connectivity index (χ3n) is 7.99. The molecule has 0 fully saturated rings. The third kappa shape index (κ3) is 5.41. The molecule has 0 unspecified atom stereocenters. The van der Waals surface area contributed by atoms with Crippen molar-refractivity contribution in [3.05, 3.63) is 107 Å². The van der Waals surface area contributed by atoms with Crippen LogP contribution in [0.1, 0.15) is 22.3 Å². The average Bonchev–Trinajstić information content (AvgIpc) is 3.56. The topological polar surface area (TPSA) is 50.3 Å². The van der Waals surface area contributed by atoms with E-state index in [1.165, 1.54) is 0 Å². The van der Waals surface area contributed by atoms with Crippen LogP contribution in [-0.4, -0.2) is 30.9 Å². The minimum Gasteiger partial charge on any atom is -0.507 e. The lowest BCUT2D eigenvalue weighted by atomic mass is 9.96. The van der Waals surface area contributed by atoms with Gasteiger partial charge in [0.25, 0.3) is 0 Å². The number of hydrogen-bond acceptors (Lipinski definition) is 4. The molecule has 0 aliphatic rings. The fourth-order valence-electron chi connectivity index (χ4n) is 5.89. The van der Waals surface area contributed by atoms with E-state index in [-0.39, 0.29) is 0 Å². The van der Waals surface area contributed by atoms with Gasteiger partial charge >= 0.3 is 0 Å². The minimum atomic E-state index is 0.378. The minimum absolute atomic E-state index is 0.378. The SMILES string of the molecule is Cc1cc(CSCCSCc2cc(C)cc(-c3cccc4c3ccn4C)c2O)c(O)c(-c2cccc3c2ccn3C)c1. The molecule has 6 aromatic rings. The Bertz CT molecular complexity index is 1780. The fourth-order valence-corrected chi connectivity index (χ4v) is 8.01. The number of hydrogen-bond donors (Lipinski definition) is 2. The Labute approximate surface area is 256 Å². The Morgan fingerprint density at radius 3 is 1.43 bits per heavy atom. The molecule has 0 spiro atoms. The Morgan fingerprint density at radius 2 is 1.00 bits per heavy atom. The van der Waals surface area contributed by atoms with Gasteiger partial charge in [-0.1, -0.05) is 36.4 Å². The first-order valence-corrected chi connectivity index (χ1v) is 16.5. The highest BCUT2D eigenvalue weighted by Gasteiger charge is 2.16. The summed E-state index contributed by atoms with van der Waals surface area (Å²) in [5.74, 6) is 4.19. The molecule has 6 heteroatoms. The van der Waals surface area contributed by atoms with Crippen LogP contribution < -0.4 is 0 Å². The summed E-state index contributed by atoms with van der Waals surface area (Å²) < 4.78 is 4.22. The number of thioether (sulfide) groups is 2. The van der Waals surface area contributed by atoms with Crippen LogP contribution in [0.4, 0.5) is 0 Å². The van der Waals surface area contributed by atoms with Gasteiger partial charge in [0.15, 0.2) is 0 Å². The van der Waals surface area contributed by atoms with E-state index in [9.17, 15) is 10.2 Å². The zero-order chi connectivity index (χ0) is 29.4. The van der Waals surface area contributed by atoms with Crippen molar-refractivity contribution in [3.63, 3.8) is 0 Å². The van der Waals surface area contributed by atoms with Gasteiger partial charge in [-0.05, 0) is 72.5 Å². The zero-order valence-corrected chi connectivity index (χ0v) is 26.1. The van der Waals surface area contributed by atoms with Crippen molar-refractivity contribution < 1.29 is 10.2 Å². The fraction of sp³-hybridized carbons (Fsp3) is 0.222.